The molecule has 3 nitrogen and oxygen atoms in total. The summed E-state index contributed by atoms with van der Waals surface area (Å²) in [5.74, 6) is 0.979. The lowest BCUT2D eigenvalue weighted by Gasteiger charge is -2.09. The number of rotatable bonds is 3. The highest BCUT2D eigenvalue weighted by atomic mass is 32.1. The van der Waals surface area contributed by atoms with Gasteiger partial charge in [-0.2, -0.15) is 5.10 Å². The molecular weight excluding hydrogens is 170 g/mol. The van der Waals surface area contributed by atoms with Gasteiger partial charge in [-0.25, -0.2) is 0 Å². The van der Waals surface area contributed by atoms with Gasteiger partial charge in [0, 0.05) is 6.42 Å². The molecule has 66 valence electrons. The minimum atomic E-state index is 0.214. The van der Waals surface area contributed by atoms with Crippen LogP contribution in [-0.4, -0.2) is 14.8 Å². The van der Waals surface area contributed by atoms with E-state index < -0.39 is 0 Å². The molecule has 0 saturated carbocycles. The van der Waals surface area contributed by atoms with Gasteiger partial charge in [-0.1, -0.05) is 13.0 Å². The molecule has 1 rings (SSSR count). The van der Waals surface area contributed by atoms with Gasteiger partial charge in [0.25, 0.3) is 0 Å². The second-order valence-corrected chi connectivity index (χ2v) is 3.03. The van der Waals surface area contributed by atoms with Crippen molar-refractivity contribution in [1.29, 1.82) is 0 Å². The lowest BCUT2D eigenvalue weighted by molar-refractivity contribution is 0.617. The molecule has 12 heavy (non-hydrogen) atoms. The Hall–Kier alpha value is -0.900. The van der Waals surface area contributed by atoms with Crippen LogP contribution in [0.15, 0.2) is 12.7 Å². The van der Waals surface area contributed by atoms with Gasteiger partial charge in [0.15, 0.2) is 4.77 Å². The maximum absolute atomic E-state index is 5.08. The third kappa shape index (κ3) is 1.48. The molecular formula is C8H13N3S. The van der Waals surface area contributed by atoms with Crippen LogP contribution in [0.5, 0.6) is 0 Å². The number of nitrogens with zero attached hydrogens (tertiary/aromatic N) is 2. The Morgan fingerprint density at radius 3 is 3.00 bits per heavy atom. The summed E-state index contributed by atoms with van der Waals surface area (Å²) in [5.41, 5.74) is 0. The maximum atomic E-state index is 5.08. The van der Waals surface area contributed by atoms with E-state index in [2.05, 4.69) is 23.7 Å². The fraction of sp³-hybridized carbons (Fsp3) is 0.500. The average Bonchev–Trinajstić information content (AvgIpc) is 2.45. The summed E-state index contributed by atoms with van der Waals surface area (Å²) in [7, 11) is 0. The van der Waals surface area contributed by atoms with Crippen molar-refractivity contribution >= 4 is 12.2 Å². The van der Waals surface area contributed by atoms with Crippen LogP contribution in [0.1, 0.15) is 25.7 Å². The van der Waals surface area contributed by atoms with E-state index in [1.165, 1.54) is 0 Å². The number of allylic oxidation sites excluding steroid dienone is 1. The molecule has 0 fully saturated rings. The highest BCUT2D eigenvalue weighted by molar-refractivity contribution is 7.71. The second kappa shape index (κ2) is 3.67. The van der Waals surface area contributed by atoms with Crippen molar-refractivity contribution in [2.75, 3.05) is 0 Å². The summed E-state index contributed by atoms with van der Waals surface area (Å²) >= 11 is 5.08. The Labute approximate surface area is 77.1 Å². The van der Waals surface area contributed by atoms with Crippen molar-refractivity contribution in [2.45, 2.75) is 26.3 Å². The van der Waals surface area contributed by atoms with Gasteiger partial charge in [-0.05, 0) is 19.1 Å². The molecule has 0 radical (unpaired) electrons. The number of H-pyrrole nitrogens is 1. The summed E-state index contributed by atoms with van der Waals surface area (Å²) < 4.78 is 2.64. The van der Waals surface area contributed by atoms with Crippen LogP contribution in [0.2, 0.25) is 0 Å². The lowest BCUT2D eigenvalue weighted by atomic mass is 10.3. The number of aryl methyl sites for hydroxylation is 1. The van der Waals surface area contributed by atoms with E-state index in [1.807, 2.05) is 17.6 Å². The first-order chi connectivity index (χ1) is 5.70. The first kappa shape index (κ1) is 9.19. The van der Waals surface area contributed by atoms with Gasteiger partial charge in [-0.3, -0.25) is 9.67 Å². The van der Waals surface area contributed by atoms with E-state index >= 15 is 0 Å². The number of hydrogen-bond acceptors (Lipinski definition) is 2. The molecule has 4 heteroatoms. The Bertz CT molecular complexity index is 323. The molecule has 0 aliphatic rings. The number of nitrogens with one attached hydrogen (secondary N) is 1. The molecule has 0 bridgehead atoms. The number of aromatic amines is 1. The highest BCUT2D eigenvalue weighted by Gasteiger charge is 2.07. The van der Waals surface area contributed by atoms with Crippen LogP contribution in [-0.2, 0) is 6.42 Å². The van der Waals surface area contributed by atoms with Crippen LogP contribution < -0.4 is 0 Å². The monoisotopic (exact) mass is 183 g/mol. The molecule has 0 saturated heterocycles. The zero-order valence-corrected chi connectivity index (χ0v) is 8.19. The van der Waals surface area contributed by atoms with Crippen molar-refractivity contribution in [3.05, 3.63) is 23.3 Å². The summed E-state index contributed by atoms with van der Waals surface area (Å²) in [4.78, 5) is 0. The third-order valence-electron chi connectivity index (χ3n) is 1.84. The van der Waals surface area contributed by atoms with Gasteiger partial charge in [-0.15, -0.1) is 6.58 Å². The standard InChI is InChI=1S/C8H13N3S/c1-4-6(3)11-7(5-2)9-10-8(11)12/h4,6H,1,5H2,2-3H3,(H,10,12). The average molecular weight is 183 g/mol. The van der Waals surface area contributed by atoms with Crippen LogP contribution in [0.4, 0.5) is 0 Å². The van der Waals surface area contributed by atoms with Crippen LogP contribution in [0.25, 0.3) is 0 Å². The Morgan fingerprint density at radius 2 is 2.50 bits per heavy atom. The smallest absolute Gasteiger partial charge is 0.195 e. The van der Waals surface area contributed by atoms with Crippen molar-refractivity contribution in [2.24, 2.45) is 0 Å². The predicted molar refractivity (Wildman–Crippen MR) is 51.7 cm³/mol. The summed E-state index contributed by atoms with van der Waals surface area (Å²) in [5, 5.41) is 6.87. The normalized spacial score (nSPS) is 12.8. The SMILES string of the molecule is C=CC(C)n1c(CC)n[nH]c1=S. The van der Waals surface area contributed by atoms with E-state index in [-0.39, 0.29) is 6.04 Å². The Morgan fingerprint density at radius 1 is 1.83 bits per heavy atom. The lowest BCUT2D eigenvalue weighted by Crippen LogP contribution is -2.06. The quantitative estimate of drug-likeness (QED) is 0.576. The fourth-order valence-corrected chi connectivity index (χ4v) is 1.43. The van der Waals surface area contributed by atoms with Gasteiger partial charge in [0.2, 0.25) is 0 Å². The topological polar surface area (TPSA) is 33.6 Å². The fourth-order valence-electron chi connectivity index (χ4n) is 1.11. The largest absolute Gasteiger partial charge is 0.297 e. The molecule has 0 aliphatic carbocycles. The van der Waals surface area contributed by atoms with E-state index in [1.54, 1.807) is 0 Å². The number of hydrogen-bond donors (Lipinski definition) is 1. The Balaban J connectivity index is 3.18. The van der Waals surface area contributed by atoms with E-state index in [0.717, 1.165) is 12.2 Å². The summed E-state index contributed by atoms with van der Waals surface area (Å²) in [6.45, 7) is 7.82. The summed E-state index contributed by atoms with van der Waals surface area (Å²) in [6.07, 6.45) is 2.73. The first-order valence-corrected chi connectivity index (χ1v) is 4.39. The van der Waals surface area contributed by atoms with Gasteiger partial charge < -0.3 is 0 Å². The summed E-state index contributed by atoms with van der Waals surface area (Å²) in [6, 6.07) is 0.214. The highest BCUT2D eigenvalue weighted by Crippen LogP contribution is 2.10. The molecule has 0 spiro atoms. The van der Waals surface area contributed by atoms with Gasteiger partial charge >= 0.3 is 0 Å². The molecule has 1 unspecified atom stereocenters. The minimum Gasteiger partial charge on any atom is -0.297 e. The molecule has 1 aromatic heterocycles. The van der Waals surface area contributed by atoms with Crippen molar-refractivity contribution < 1.29 is 0 Å². The zero-order valence-electron chi connectivity index (χ0n) is 7.37. The molecule has 0 aliphatic heterocycles. The van der Waals surface area contributed by atoms with E-state index in [4.69, 9.17) is 12.2 Å². The predicted octanol–water partition coefficient (Wildman–Crippen LogP) is 2.25. The van der Waals surface area contributed by atoms with Crippen molar-refractivity contribution in [3.8, 4) is 0 Å². The minimum absolute atomic E-state index is 0.214. The molecule has 1 N–H and O–H groups in total. The van der Waals surface area contributed by atoms with Crippen LogP contribution in [0, 0.1) is 4.77 Å². The van der Waals surface area contributed by atoms with Crippen LogP contribution >= 0.6 is 12.2 Å². The molecule has 0 amide bonds. The second-order valence-electron chi connectivity index (χ2n) is 2.64. The molecule has 0 aromatic carbocycles. The first-order valence-electron chi connectivity index (χ1n) is 3.99. The molecule has 1 heterocycles. The van der Waals surface area contributed by atoms with Gasteiger partial charge in [0.1, 0.15) is 5.82 Å². The molecule has 1 aromatic rings. The maximum Gasteiger partial charge on any atom is 0.195 e. The Kier molecular flexibility index (Phi) is 2.81. The zero-order chi connectivity index (χ0) is 9.14. The van der Waals surface area contributed by atoms with E-state index in [0.29, 0.717) is 4.77 Å². The van der Waals surface area contributed by atoms with E-state index in [9.17, 15) is 0 Å². The van der Waals surface area contributed by atoms with Crippen molar-refractivity contribution in [3.63, 3.8) is 0 Å². The van der Waals surface area contributed by atoms with Gasteiger partial charge in [0.05, 0.1) is 6.04 Å². The third-order valence-corrected chi connectivity index (χ3v) is 2.13. The number of aromatic nitrogens is 3. The van der Waals surface area contributed by atoms with Crippen LogP contribution in [0.3, 0.4) is 0 Å². The molecule has 1 atom stereocenters. The van der Waals surface area contributed by atoms with Crippen molar-refractivity contribution in [1.82, 2.24) is 14.8 Å².